The molecule has 91 heavy (non-hydrogen) atoms. The maximum atomic E-state index is 5.62. The first kappa shape index (κ1) is 64.6. The Labute approximate surface area is 548 Å². The van der Waals surface area contributed by atoms with E-state index in [0.29, 0.717) is 50.0 Å². The molecule has 14 rings (SSSR count). The Hall–Kier alpha value is -9.41. The number of nitrogens with zero attached hydrogens (tertiary/aromatic N) is 6. The van der Waals surface area contributed by atoms with Crippen molar-refractivity contribution in [2.45, 2.75) is 77.5 Å². The van der Waals surface area contributed by atoms with Crippen molar-refractivity contribution in [1.29, 1.82) is 0 Å². The topological polar surface area (TPSA) is 112 Å². The third-order valence-corrected chi connectivity index (χ3v) is 16.6. The minimum absolute atomic E-state index is 0. The number of hydrogen-bond acceptors (Lipinski definition) is 10. The van der Waals surface area contributed by atoms with Gasteiger partial charge in [0.25, 0.3) is 0 Å². The number of hydrogen-bond donors (Lipinski definition) is 0. The summed E-state index contributed by atoms with van der Waals surface area (Å²) >= 11 is 0. The van der Waals surface area contributed by atoms with E-state index >= 15 is 0 Å². The summed E-state index contributed by atoms with van der Waals surface area (Å²) in [5, 5.41) is 0. The number of ether oxygens (including phenoxy) is 4. The van der Waals surface area contributed by atoms with E-state index in [4.69, 9.17) is 18.9 Å². The molecule has 0 radical (unpaired) electrons. The SMILES string of the molecule is CC1(C)COC(c2cccc(C3=NC(C)(C)CO3)n2)=N1.CC1(C)COC(c2cccc(C3=NC(C)(C)CO3)n2)=N1.[Fe+2].c1ccc([B-](c2ccccc2)(c2ccccc2)c2ccccc2)cc1.c1ccc([B-](c2ccccc2)(c2ccccc2)c2ccccc2)cc1. The number of benzene rings is 8. The fourth-order valence-corrected chi connectivity index (χ4v) is 12.5. The molecule has 0 aliphatic carbocycles. The molecule has 0 amide bonds. The predicted octanol–water partition coefficient (Wildman–Crippen LogP) is 10.5. The van der Waals surface area contributed by atoms with Crippen LogP contribution in [0.25, 0.3) is 0 Å². The van der Waals surface area contributed by atoms with Crippen LogP contribution in [0.4, 0.5) is 0 Å². The van der Waals surface area contributed by atoms with Crippen LogP contribution in [-0.4, -0.2) is 94.4 Å². The fraction of sp³-hybridized carbons (Fsp3) is 0.205. The summed E-state index contributed by atoms with van der Waals surface area (Å²) in [7, 11) is 0. The van der Waals surface area contributed by atoms with Gasteiger partial charge in [-0.3, -0.25) is 0 Å². The second kappa shape index (κ2) is 28.2. The van der Waals surface area contributed by atoms with E-state index in [1.54, 1.807) is 0 Å². The minimum atomic E-state index is -1.22. The number of aliphatic imine (C=N–C) groups is 4. The maximum absolute atomic E-state index is 5.62. The van der Waals surface area contributed by atoms with Crippen molar-refractivity contribution in [3.05, 3.63) is 302 Å². The Morgan fingerprint density at radius 3 is 0.516 bits per heavy atom. The smallest absolute Gasteiger partial charge is 0.474 e. The van der Waals surface area contributed by atoms with Crippen molar-refractivity contribution < 1.29 is 36.0 Å². The monoisotopic (exact) mass is 1240 g/mol. The molecule has 0 spiro atoms. The maximum Gasteiger partial charge on any atom is 2.00 e. The molecule has 4 aliphatic heterocycles. The van der Waals surface area contributed by atoms with Crippen LogP contribution in [0.15, 0.2) is 299 Å². The van der Waals surface area contributed by atoms with Gasteiger partial charge in [-0.05, 0) is 79.7 Å². The largest absolute Gasteiger partial charge is 2.00 e. The zero-order valence-electron chi connectivity index (χ0n) is 53.2. The van der Waals surface area contributed by atoms with E-state index in [0.717, 1.165) is 22.8 Å². The number of rotatable bonds is 12. The zero-order chi connectivity index (χ0) is 62.7. The molecule has 0 bridgehead atoms. The summed E-state index contributed by atoms with van der Waals surface area (Å²) < 4.78 is 22.5. The van der Waals surface area contributed by atoms with Crippen LogP contribution in [-0.2, 0) is 36.0 Å². The van der Waals surface area contributed by atoms with Gasteiger partial charge in [0, 0.05) is 0 Å². The third-order valence-electron chi connectivity index (χ3n) is 16.6. The standard InChI is InChI=1S/2C24H20B.2C15H19N3O2.Fe/c2*1-5-13-21(14-6-1)25(22-15-7-2-8-16-22,23-17-9-3-10-18-23)24-19-11-4-12-20-24;2*1-14(2)8-19-12(17-14)10-6-5-7-11(16-10)13-18-15(3,4)9-20-13;/h2*1-20H;2*5-7H,8-9H2,1-4H3;/q2*-1;;;+2. The number of aromatic nitrogens is 2. The molecule has 0 fully saturated rings. The summed E-state index contributed by atoms with van der Waals surface area (Å²) in [6, 6.07) is 98.5. The van der Waals surface area contributed by atoms with Gasteiger partial charge in [0.15, 0.2) is 0 Å². The third kappa shape index (κ3) is 14.9. The quantitative estimate of drug-likeness (QED) is 0.113. The first-order valence-corrected chi connectivity index (χ1v) is 31.2. The summed E-state index contributed by atoms with van der Waals surface area (Å²) in [5.74, 6) is 2.37. The molecular formula is C78H78B2FeN6O4. The molecule has 0 unspecified atom stereocenters. The molecule has 13 heteroatoms. The summed E-state index contributed by atoms with van der Waals surface area (Å²) in [4.78, 5) is 27.3. The predicted molar refractivity (Wildman–Crippen MR) is 375 cm³/mol. The van der Waals surface area contributed by atoms with Crippen LogP contribution in [0.5, 0.6) is 0 Å². The van der Waals surface area contributed by atoms with Gasteiger partial charge in [-0.25, -0.2) is 29.9 Å². The summed E-state index contributed by atoms with van der Waals surface area (Å²) in [6.45, 7) is 18.6. The fourth-order valence-electron chi connectivity index (χ4n) is 12.5. The Bertz CT molecular complexity index is 3430. The van der Waals surface area contributed by atoms with Gasteiger partial charge in [-0.1, -0.05) is 255 Å². The summed E-state index contributed by atoms with van der Waals surface area (Å²) in [6.07, 6.45) is -2.43. The Morgan fingerprint density at radius 2 is 0.385 bits per heavy atom. The molecule has 8 aromatic carbocycles. The van der Waals surface area contributed by atoms with Gasteiger partial charge in [-0.2, -0.15) is 43.7 Å². The average Bonchev–Trinajstić information content (AvgIpc) is 1.82. The van der Waals surface area contributed by atoms with Gasteiger partial charge in [0.05, 0.1) is 22.2 Å². The molecule has 458 valence electrons. The van der Waals surface area contributed by atoms with Gasteiger partial charge in [-0.15, -0.1) is 0 Å². The van der Waals surface area contributed by atoms with E-state index in [-0.39, 0.29) is 39.2 Å². The molecule has 6 heterocycles. The average molecular weight is 1240 g/mol. The van der Waals surface area contributed by atoms with Crippen molar-refractivity contribution in [2.75, 3.05) is 26.4 Å². The second-order valence-corrected chi connectivity index (χ2v) is 25.9. The summed E-state index contributed by atoms with van der Waals surface area (Å²) in [5.41, 5.74) is 12.9. The second-order valence-electron chi connectivity index (χ2n) is 25.9. The molecular weight excluding hydrogens is 1160 g/mol. The minimum Gasteiger partial charge on any atom is -0.474 e. The Kier molecular flexibility index (Phi) is 20.0. The Morgan fingerprint density at radius 1 is 0.231 bits per heavy atom. The van der Waals surface area contributed by atoms with Crippen molar-refractivity contribution >= 4 is 79.6 Å². The molecule has 0 atom stereocenters. The van der Waals surface area contributed by atoms with Crippen LogP contribution in [0.2, 0.25) is 0 Å². The zero-order valence-corrected chi connectivity index (χ0v) is 54.3. The van der Waals surface area contributed by atoms with Crippen LogP contribution in [0.1, 0.15) is 78.2 Å². The molecule has 0 saturated carbocycles. The molecule has 10 nitrogen and oxygen atoms in total. The van der Waals surface area contributed by atoms with Gasteiger partial charge in [0.1, 0.15) is 61.5 Å². The van der Waals surface area contributed by atoms with E-state index in [2.05, 4.69) is 273 Å². The van der Waals surface area contributed by atoms with E-state index in [1.165, 1.54) is 43.7 Å². The molecule has 2 aromatic heterocycles. The van der Waals surface area contributed by atoms with Gasteiger partial charge < -0.3 is 18.9 Å². The Balaban J connectivity index is 0.000000133. The first-order valence-electron chi connectivity index (χ1n) is 31.2. The van der Waals surface area contributed by atoms with Crippen LogP contribution in [0.3, 0.4) is 0 Å². The molecule has 0 N–H and O–H groups in total. The van der Waals surface area contributed by atoms with Crippen molar-refractivity contribution in [2.24, 2.45) is 20.0 Å². The van der Waals surface area contributed by atoms with Crippen molar-refractivity contribution in [1.82, 2.24) is 9.97 Å². The number of pyridine rings is 2. The van der Waals surface area contributed by atoms with Gasteiger partial charge in [0.2, 0.25) is 23.6 Å². The van der Waals surface area contributed by atoms with E-state index < -0.39 is 12.3 Å². The first-order chi connectivity index (χ1) is 43.5. The van der Waals surface area contributed by atoms with Gasteiger partial charge >= 0.3 is 17.1 Å². The molecule has 0 saturated heterocycles. The molecule has 4 aliphatic rings. The van der Waals surface area contributed by atoms with E-state index in [1.807, 2.05) is 91.8 Å². The van der Waals surface area contributed by atoms with Crippen LogP contribution in [0, 0.1) is 0 Å². The normalized spacial score (nSPS) is 16.2. The van der Waals surface area contributed by atoms with Crippen LogP contribution < -0.4 is 43.7 Å². The molecule has 10 aromatic rings. The van der Waals surface area contributed by atoms with Crippen molar-refractivity contribution in [3.8, 4) is 0 Å². The van der Waals surface area contributed by atoms with Crippen molar-refractivity contribution in [3.63, 3.8) is 0 Å². The van der Waals surface area contributed by atoms with E-state index in [9.17, 15) is 0 Å². The van der Waals surface area contributed by atoms with Crippen LogP contribution >= 0.6 is 0 Å².